The molecule has 0 radical (unpaired) electrons. The molecular formula is C19H32N2. The van der Waals surface area contributed by atoms with Gasteiger partial charge in [0.2, 0.25) is 0 Å². The van der Waals surface area contributed by atoms with Gasteiger partial charge in [0, 0.05) is 18.6 Å². The summed E-state index contributed by atoms with van der Waals surface area (Å²) in [5.41, 5.74) is 3.04. The third kappa shape index (κ3) is 4.31. The maximum atomic E-state index is 3.72. The molecule has 0 bridgehead atoms. The van der Waals surface area contributed by atoms with Gasteiger partial charge in [-0.3, -0.25) is 4.90 Å². The van der Waals surface area contributed by atoms with Crippen molar-refractivity contribution in [1.29, 1.82) is 0 Å². The summed E-state index contributed by atoms with van der Waals surface area (Å²) in [6, 6.07) is 10.3. The Morgan fingerprint density at radius 1 is 1.24 bits per heavy atom. The first-order valence-electron chi connectivity index (χ1n) is 8.49. The summed E-state index contributed by atoms with van der Waals surface area (Å²) >= 11 is 0. The van der Waals surface area contributed by atoms with Crippen LogP contribution in [0.3, 0.4) is 0 Å². The fourth-order valence-corrected chi connectivity index (χ4v) is 3.25. The molecule has 0 spiro atoms. The van der Waals surface area contributed by atoms with Crippen LogP contribution in [-0.4, -0.2) is 30.6 Å². The highest BCUT2D eigenvalue weighted by molar-refractivity contribution is 5.29. The van der Waals surface area contributed by atoms with Gasteiger partial charge in [0.05, 0.1) is 0 Å². The molecule has 1 N–H and O–H groups in total. The van der Waals surface area contributed by atoms with E-state index in [-0.39, 0.29) is 5.41 Å². The lowest BCUT2D eigenvalue weighted by atomic mass is 9.86. The minimum absolute atomic E-state index is 0.237. The number of hydrogen-bond donors (Lipinski definition) is 1. The second kappa shape index (κ2) is 6.93. The fourth-order valence-electron chi connectivity index (χ4n) is 3.25. The molecule has 118 valence electrons. The Morgan fingerprint density at radius 3 is 2.48 bits per heavy atom. The number of likely N-dealkylation sites (N-methyl/N-ethyl adjacent to an activating group) is 1. The van der Waals surface area contributed by atoms with Crippen LogP contribution in [0.25, 0.3) is 0 Å². The highest BCUT2D eigenvalue weighted by atomic mass is 15.2. The third-order valence-electron chi connectivity index (χ3n) is 4.84. The molecule has 2 nitrogen and oxygen atoms in total. The average molecular weight is 288 g/mol. The van der Waals surface area contributed by atoms with Crippen molar-refractivity contribution < 1.29 is 0 Å². The van der Waals surface area contributed by atoms with Crippen LogP contribution in [0.4, 0.5) is 0 Å². The van der Waals surface area contributed by atoms with Gasteiger partial charge in [0.1, 0.15) is 0 Å². The molecule has 0 aliphatic carbocycles. The second-order valence-corrected chi connectivity index (χ2v) is 7.43. The number of nitrogens with one attached hydrogen (secondary N) is 1. The largest absolute Gasteiger partial charge is 0.309 e. The molecule has 2 atom stereocenters. The predicted molar refractivity (Wildman–Crippen MR) is 91.8 cm³/mol. The van der Waals surface area contributed by atoms with E-state index in [0.717, 1.165) is 12.6 Å². The van der Waals surface area contributed by atoms with E-state index >= 15 is 0 Å². The van der Waals surface area contributed by atoms with Gasteiger partial charge in [0.25, 0.3) is 0 Å². The van der Waals surface area contributed by atoms with E-state index in [9.17, 15) is 0 Å². The molecule has 0 saturated carbocycles. The molecule has 1 aromatic carbocycles. The average Bonchev–Trinajstić information content (AvgIpc) is 2.91. The Bertz CT molecular complexity index is 430. The van der Waals surface area contributed by atoms with E-state index in [2.05, 4.69) is 69.1 Å². The van der Waals surface area contributed by atoms with E-state index in [4.69, 9.17) is 0 Å². The van der Waals surface area contributed by atoms with Gasteiger partial charge < -0.3 is 5.32 Å². The third-order valence-corrected chi connectivity index (χ3v) is 4.84. The minimum atomic E-state index is 0.237. The van der Waals surface area contributed by atoms with Crippen molar-refractivity contribution in [3.63, 3.8) is 0 Å². The van der Waals surface area contributed by atoms with Crippen molar-refractivity contribution >= 4 is 0 Å². The number of hydrogen-bond acceptors (Lipinski definition) is 2. The SMILES string of the molecule is CCN1CCCC1CNC(C)c1ccc(C(C)(C)C)cc1. The molecule has 2 rings (SSSR count). The fraction of sp³-hybridized carbons (Fsp3) is 0.684. The normalized spacial score (nSPS) is 21.7. The first-order valence-corrected chi connectivity index (χ1v) is 8.49. The molecule has 1 aromatic rings. The highest BCUT2D eigenvalue weighted by Crippen LogP contribution is 2.24. The molecule has 1 fully saturated rings. The summed E-state index contributed by atoms with van der Waals surface area (Å²) in [7, 11) is 0. The number of likely N-dealkylation sites (tertiary alicyclic amines) is 1. The molecule has 1 heterocycles. The van der Waals surface area contributed by atoms with Crippen molar-refractivity contribution in [2.75, 3.05) is 19.6 Å². The van der Waals surface area contributed by atoms with Crippen molar-refractivity contribution in [3.05, 3.63) is 35.4 Å². The lowest BCUT2D eigenvalue weighted by Gasteiger charge is -2.25. The van der Waals surface area contributed by atoms with Gasteiger partial charge in [-0.15, -0.1) is 0 Å². The highest BCUT2D eigenvalue weighted by Gasteiger charge is 2.23. The number of rotatable bonds is 5. The first kappa shape index (κ1) is 16.5. The Morgan fingerprint density at radius 2 is 1.90 bits per heavy atom. The van der Waals surface area contributed by atoms with Crippen LogP contribution in [0.2, 0.25) is 0 Å². The van der Waals surface area contributed by atoms with Crippen LogP contribution < -0.4 is 5.32 Å². The van der Waals surface area contributed by atoms with Gasteiger partial charge in [-0.2, -0.15) is 0 Å². The lowest BCUT2D eigenvalue weighted by molar-refractivity contribution is 0.255. The molecule has 21 heavy (non-hydrogen) atoms. The van der Waals surface area contributed by atoms with Gasteiger partial charge >= 0.3 is 0 Å². The zero-order valence-electron chi connectivity index (χ0n) is 14.4. The van der Waals surface area contributed by atoms with Gasteiger partial charge in [0.15, 0.2) is 0 Å². The van der Waals surface area contributed by atoms with Crippen LogP contribution >= 0.6 is 0 Å². The van der Waals surface area contributed by atoms with Crippen LogP contribution in [0.1, 0.15) is 64.6 Å². The molecule has 1 aliphatic heterocycles. The van der Waals surface area contributed by atoms with E-state index in [1.165, 1.54) is 37.1 Å². The van der Waals surface area contributed by atoms with E-state index < -0.39 is 0 Å². The predicted octanol–water partition coefficient (Wildman–Crippen LogP) is 4.12. The standard InChI is InChI=1S/C19H32N2/c1-6-21-13-7-8-18(21)14-20-15(2)16-9-11-17(12-10-16)19(3,4)5/h9-12,15,18,20H,6-8,13-14H2,1-5H3. The summed E-state index contributed by atoms with van der Waals surface area (Å²) in [5.74, 6) is 0. The summed E-state index contributed by atoms with van der Waals surface area (Å²) in [4.78, 5) is 2.60. The molecule has 2 unspecified atom stereocenters. The summed E-state index contributed by atoms with van der Waals surface area (Å²) in [6.45, 7) is 14.9. The first-order chi connectivity index (χ1) is 9.91. The molecule has 2 heteroatoms. The minimum Gasteiger partial charge on any atom is -0.309 e. The Hall–Kier alpha value is -0.860. The molecule has 0 amide bonds. The number of benzene rings is 1. The van der Waals surface area contributed by atoms with Crippen molar-refractivity contribution in [2.24, 2.45) is 0 Å². The maximum Gasteiger partial charge on any atom is 0.0292 e. The smallest absolute Gasteiger partial charge is 0.0292 e. The quantitative estimate of drug-likeness (QED) is 0.877. The molecular weight excluding hydrogens is 256 g/mol. The van der Waals surface area contributed by atoms with E-state index in [1.807, 2.05) is 0 Å². The molecule has 0 aromatic heterocycles. The van der Waals surface area contributed by atoms with Crippen LogP contribution in [-0.2, 0) is 5.41 Å². The zero-order chi connectivity index (χ0) is 15.5. The summed E-state index contributed by atoms with van der Waals surface area (Å²) < 4.78 is 0. The molecule has 1 aliphatic rings. The lowest BCUT2D eigenvalue weighted by Crippen LogP contribution is -2.38. The Kier molecular flexibility index (Phi) is 5.45. The van der Waals surface area contributed by atoms with E-state index in [0.29, 0.717) is 6.04 Å². The Balaban J connectivity index is 1.90. The zero-order valence-corrected chi connectivity index (χ0v) is 14.4. The second-order valence-electron chi connectivity index (χ2n) is 7.43. The molecule has 1 saturated heterocycles. The van der Waals surface area contributed by atoms with Crippen molar-refractivity contribution in [2.45, 2.75) is 65.0 Å². The number of nitrogens with zero attached hydrogens (tertiary/aromatic N) is 1. The van der Waals surface area contributed by atoms with Gasteiger partial charge in [-0.25, -0.2) is 0 Å². The van der Waals surface area contributed by atoms with E-state index in [1.54, 1.807) is 0 Å². The van der Waals surface area contributed by atoms with Gasteiger partial charge in [-0.05, 0) is 49.4 Å². The van der Waals surface area contributed by atoms with Crippen LogP contribution in [0.15, 0.2) is 24.3 Å². The van der Waals surface area contributed by atoms with Gasteiger partial charge in [-0.1, -0.05) is 52.0 Å². The Labute approximate surface area is 130 Å². The topological polar surface area (TPSA) is 15.3 Å². The van der Waals surface area contributed by atoms with Crippen LogP contribution in [0, 0.1) is 0 Å². The van der Waals surface area contributed by atoms with Crippen LogP contribution in [0.5, 0.6) is 0 Å². The monoisotopic (exact) mass is 288 g/mol. The maximum absolute atomic E-state index is 3.72. The van der Waals surface area contributed by atoms with Crippen molar-refractivity contribution in [1.82, 2.24) is 10.2 Å². The summed E-state index contributed by atoms with van der Waals surface area (Å²) in [6.07, 6.45) is 2.70. The van der Waals surface area contributed by atoms with Crippen molar-refractivity contribution in [3.8, 4) is 0 Å². The summed E-state index contributed by atoms with van der Waals surface area (Å²) in [5, 5.41) is 3.72.